The number of ether oxygens (including phenoxy) is 1. The Hall–Kier alpha value is -2.61. The summed E-state index contributed by atoms with van der Waals surface area (Å²) in [6.07, 6.45) is -4.08. The molecule has 0 spiro atoms. The second-order valence-corrected chi connectivity index (χ2v) is 4.92. The first-order valence-corrected chi connectivity index (χ1v) is 7.03. The van der Waals surface area contributed by atoms with Gasteiger partial charge in [-0.15, -0.1) is 0 Å². The number of aliphatic hydroxyl groups is 1. The number of pyridine rings is 1. The minimum absolute atomic E-state index is 0.0140. The number of halogens is 3. The molecule has 0 unspecified atom stereocenters. The Labute approximate surface area is 136 Å². The van der Waals surface area contributed by atoms with Crippen LogP contribution in [0, 0.1) is 0 Å². The topological polar surface area (TPSA) is 71.5 Å². The van der Waals surface area contributed by atoms with Crippen LogP contribution in [0.4, 0.5) is 13.2 Å². The zero-order valence-corrected chi connectivity index (χ0v) is 12.5. The number of amides is 1. The summed E-state index contributed by atoms with van der Waals surface area (Å²) < 4.78 is 42.9. The third kappa shape index (κ3) is 5.24. The molecule has 5 nitrogen and oxygen atoms in total. The largest absolute Gasteiger partial charge is 0.491 e. The molecule has 0 bridgehead atoms. The van der Waals surface area contributed by atoms with Gasteiger partial charge in [-0.1, -0.05) is 12.1 Å². The van der Waals surface area contributed by atoms with Gasteiger partial charge in [0.15, 0.2) is 0 Å². The van der Waals surface area contributed by atoms with Crippen LogP contribution in [0.15, 0.2) is 48.7 Å². The van der Waals surface area contributed by atoms with E-state index in [0.29, 0.717) is 0 Å². The number of aromatic nitrogens is 1. The van der Waals surface area contributed by atoms with Gasteiger partial charge in [-0.25, -0.2) is 0 Å². The van der Waals surface area contributed by atoms with Gasteiger partial charge in [0.05, 0.1) is 5.56 Å². The van der Waals surface area contributed by atoms with Crippen molar-refractivity contribution in [2.45, 2.75) is 12.3 Å². The molecule has 2 aromatic rings. The minimum atomic E-state index is -4.46. The Bertz CT molecular complexity index is 678. The highest BCUT2D eigenvalue weighted by atomic mass is 19.4. The zero-order chi connectivity index (χ0) is 17.6. The smallest absolute Gasteiger partial charge is 0.416 e. The van der Waals surface area contributed by atoms with Crippen molar-refractivity contribution >= 4 is 5.91 Å². The lowest BCUT2D eigenvalue weighted by atomic mass is 10.2. The fraction of sp³-hybridized carbons (Fsp3) is 0.250. The summed E-state index contributed by atoms with van der Waals surface area (Å²) in [4.78, 5) is 15.6. The van der Waals surface area contributed by atoms with Crippen LogP contribution in [0.25, 0.3) is 0 Å². The predicted octanol–water partition coefficient (Wildman–Crippen LogP) is 2.27. The molecule has 8 heteroatoms. The number of carbonyl (C=O) groups excluding carboxylic acids is 1. The fourth-order valence-electron chi connectivity index (χ4n) is 1.81. The summed E-state index contributed by atoms with van der Waals surface area (Å²) in [5, 5.41) is 12.2. The Kier molecular flexibility index (Phi) is 5.75. The van der Waals surface area contributed by atoms with E-state index in [1.54, 1.807) is 12.1 Å². The summed E-state index contributed by atoms with van der Waals surface area (Å²) in [5.74, 6) is -0.478. The number of rotatable bonds is 6. The van der Waals surface area contributed by atoms with Crippen molar-refractivity contribution in [2.24, 2.45) is 0 Å². The number of alkyl halides is 3. The number of nitrogens with zero attached hydrogens (tertiary/aromatic N) is 1. The van der Waals surface area contributed by atoms with E-state index in [1.807, 2.05) is 0 Å². The lowest BCUT2D eigenvalue weighted by molar-refractivity contribution is -0.137. The molecule has 2 N–H and O–H groups in total. The van der Waals surface area contributed by atoms with E-state index < -0.39 is 23.8 Å². The molecule has 128 valence electrons. The van der Waals surface area contributed by atoms with Crippen LogP contribution in [-0.4, -0.2) is 35.3 Å². The Morgan fingerprint density at radius 2 is 2.04 bits per heavy atom. The summed E-state index contributed by atoms with van der Waals surface area (Å²) in [6.45, 7) is -0.377. The minimum Gasteiger partial charge on any atom is -0.491 e. The van der Waals surface area contributed by atoms with Gasteiger partial charge in [0.1, 0.15) is 24.2 Å². The monoisotopic (exact) mass is 340 g/mol. The lowest BCUT2D eigenvalue weighted by Crippen LogP contribution is -2.35. The van der Waals surface area contributed by atoms with E-state index in [1.165, 1.54) is 24.4 Å². The molecular weight excluding hydrogens is 325 g/mol. The van der Waals surface area contributed by atoms with Crippen molar-refractivity contribution in [1.82, 2.24) is 10.3 Å². The highest BCUT2D eigenvalue weighted by molar-refractivity contribution is 5.92. The molecule has 1 amide bonds. The van der Waals surface area contributed by atoms with E-state index in [2.05, 4.69) is 10.3 Å². The fourth-order valence-corrected chi connectivity index (χ4v) is 1.81. The Morgan fingerprint density at radius 3 is 2.71 bits per heavy atom. The molecule has 0 aliphatic heterocycles. The van der Waals surface area contributed by atoms with Gasteiger partial charge in [-0.3, -0.25) is 9.78 Å². The van der Waals surface area contributed by atoms with Crippen molar-refractivity contribution in [3.05, 3.63) is 59.9 Å². The van der Waals surface area contributed by atoms with Gasteiger partial charge in [-0.2, -0.15) is 13.2 Å². The summed E-state index contributed by atoms with van der Waals surface area (Å²) >= 11 is 0. The number of hydrogen-bond donors (Lipinski definition) is 2. The maximum absolute atomic E-state index is 12.6. The lowest BCUT2D eigenvalue weighted by Gasteiger charge is -2.14. The van der Waals surface area contributed by atoms with Crippen molar-refractivity contribution in [3.8, 4) is 5.75 Å². The number of carbonyl (C=O) groups is 1. The van der Waals surface area contributed by atoms with Crippen LogP contribution in [0.3, 0.4) is 0 Å². The van der Waals surface area contributed by atoms with Crippen LogP contribution in [0.5, 0.6) is 5.75 Å². The molecule has 0 aliphatic rings. The number of benzene rings is 1. The average molecular weight is 340 g/mol. The Morgan fingerprint density at radius 1 is 1.25 bits per heavy atom. The van der Waals surface area contributed by atoms with E-state index >= 15 is 0 Å². The summed E-state index contributed by atoms with van der Waals surface area (Å²) in [5.41, 5.74) is -0.638. The van der Waals surface area contributed by atoms with Crippen molar-refractivity contribution in [2.75, 3.05) is 13.2 Å². The van der Waals surface area contributed by atoms with E-state index in [-0.39, 0.29) is 24.6 Å². The number of nitrogens with one attached hydrogen (secondary N) is 1. The summed E-state index contributed by atoms with van der Waals surface area (Å²) in [6, 6.07) is 9.17. The number of aliphatic hydroxyl groups excluding tert-OH is 1. The normalized spacial score (nSPS) is 12.5. The molecule has 1 atom stereocenters. The second kappa shape index (κ2) is 7.78. The molecule has 0 saturated carbocycles. The van der Waals surface area contributed by atoms with Crippen LogP contribution >= 0.6 is 0 Å². The van der Waals surface area contributed by atoms with Crippen LogP contribution < -0.4 is 10.1 Å². The van der Waals surface area contributed by atoms with Gasteiger partial charge >= 0.3 is 6.18 Å². The van der Waals surface area contributed by atoms with Crippen LogP contribution in [0.1, 0.15) is 16.1 Å². The third-order valence-corrected chi connectivity index (χ3v) is 3.00. The molecule has 0 saturated heterocycles. The molecule has 1 aromatic carbocycles. The maximum Gasteiger partial charge on any atom is 0.416 e. The molecule has 2 rings (SSSR count). The standard InChI is InChI=1S/C16H15F3N2O3/c17-16(18,19)11-4-3-5-13(8-11)24-10-12(22)9-21-15(23)14-6-1-2-7-20-14/h1-8,12,22H,9-10H2,(H,21,23)/t12-/m1/s1. The molecule has 24 heavy (non-hydrogen) atoms. The molecule has 0 aliphatic carbocycles. The van der Waals surface area contributed by atoms with Gasteiger partial charge in [0, 0.05) is 12.7 Å². The Balaban J connectivity index is 1.81. The first-order valence-electron chi connectivity index (χ1n) is 7.03. The third-order valence-electron chi connectivity index (χ3n) is 3.00. The highest BCUT2D eigenvalue weighted by Gasteiger charge is 2.30. The first-order chi connectivity index (χ1) is 11.4. The predicted molar refractivity (Wildman–Crippen MR) is 79.5 cm³/mol. The highest BCUT2D eigenvalue weighted by Crippen LogP contribution is 2.31. The average Bonchev–Trinajstić information content (AvgIpc) is 2.58. The molecule has 0 fully saturated rings. The van der Waals surface area contributed by atoms with Gasteiger partial charge in [-0.05, 0) is 30.3 Å². The van der Waals surface area contributed by atoms with Gasteiger partial charge < -0.3 is 15.2 Å². The van der Waals surface area contributed by atoms with Crippen molar-refractivity contribution in [1.29, 1.82) is 0 Å². The molecule has 1 heterocycles. The second-order valence-electron chi connectivity index (χ2n) is 4.92. The zero-order valence-electron chi connectivity index (χ0n) is 12.5. The summed E-state index contributed by atoms with van der Waals surface area (Å²) in [7, 11) is 0. The van der Waals surface area contributed by atoms with E-state index in [9.17, 15) is 23.1 Å². The van der Waals surface area contributed by atoms with Gasteiger partial charge in [0.25, 0.3) is 5.91 Å². The van der Waals surface area contributed by atoms with E-state index in [0.717, 1.165) is 12.1 Å². The van der Waals surface area contributed by atoms with Crippen LogP contribution in [0.2, 0.25) is 0 Å². The first kappa shape index (κ1) is 17.7. The molecule has 1 aromatic heterocycles. The molecular formula is C16H15F3N2O3. The number of hydrogen-bond acceptors (Lipinski definition) is 4. The quantitative estimate of drug-likeness (QED) is 0.846. The van der Waals surface area contributed by atoms with Crippen molar-refractivity contribution in [3.63, 3.8) is 0 Å². The maximum atomic E-state index is 12.6. The SMILES string of the molecule is O=C(NC[C@@H](O)COc1cccc(C(F)(F)F)c1)c1ccccn1. The van der Waals surface area contributed by atoms with E-state index in [4.69, 9.17) is 4.74 Å². The van der Waals surface area contributed by atoms with Crippen LogP contribution in [-0.2, 0) is 6.18 Å². The molecule has 0 radical (unpaired) electrons. The van der Waals surface area contributed by atoms with Gasteiger partial charge in [0.2, 0.25) is 0 Å². The van der Waals surface area contributed by atoms with Crippen molar-refractivity contribution < 1.29 is 27.8 Å².